The maximum Gasteiger partial charge on any atom is 0.326 e. The number of carboxylic acids is 1. The third-order valence-electron chi connectivity index (χ3n) is 3.08. The highest BCUT2D eigenvalue weighted by atomic mass is 32.2. The van der Waals surface area contributed by atoms with Crippen molar-refractivity contribution in [2.75, 3.05) is 18.6 Å². The predicted molar refractivity (Wildman–Crippen MR) is 77.5 cm³/mol. The van der Waals surface area contributed by atoms with Gasteiger partial charge in [-0.25, -0.2) is 9.59 Å². The summed E-state index contributed by atoms with van der Waals surface area (Å²) >= 11 is 1.57. The van der Waals surface area contributed by atoms with E-state index in [1.54, 1.807) is 11.8 Å². The molecule has 0 spiro atoms. The number of rotatable bonds is 8. The van der Waals surface area contributed by atoms with E-state index in [2.05, 4.69) is 16.7 Å². The zero-order chi connectivity index (χ0) is 14.1. The van der Waals surface area contributed by atoms with Crippen molar-refractivity contribution in [3.05, 3.63) is 11.6 Å². The SMILES string of the molecule is CSCCC(NC(=O)NCCC1=CCCC1)C(=O)O. The summed E-state index contributed by atoms with van der Waals surface area (Å²) in [5.74, 6) is -0.271. The highest BCUT2D eigenvalue weighted by molar-refractivity contribution is 7.98. The molecule has 0 aromatic heterocycles. The molecule has 0 saturated heterocycles. The van der Waals surface area contributed by atoms with E-state index in [1.165, 1.54) is 12.0 Å². The summed E-state index contributed by atoms with van der Waals surface area (Å²) < 4.78 is 0. The Morgan fingerprint density at radius 1 is 1.53 bits per heavy atom. The number of carbonyl (C=O) groups is 2. The molecule has 0 heterocycles. The molecule has 6 heteroatoms. The van der Waals surface area contributed by atoms with E-state index in [-0.39, 0.29) is 0 Å². The lowest BCUT2D eigenvalue weighted by Gasteiger charge is -2.14. The highest BCUT2D eigenvalue weighted by Gasteiger charge is 2.18. The molecular weight excluding hydrogens is 264 g/mol. The molecule has 5 nitrogen and oxygen atoms in total. The molecule has 0 fully saturated rings. The topological polar surface area (TPSA) is 78.4 Å². The summed E-state index contributed by atoms with van der Waals surface area (Å²) in [6, 6.07) is -1.20. The maximum absolute atomic E-state index is 11.6. The summed E-state index contributed by atoms with van der Waals surface area (Å²) in [7, 11) is 0. The van der Waals surface area contributed by atoms with Crippen LogP contribution in [-0.2, 0) is 4.79 Å². The fourth-order valence-corrected chi connectivity index (χ4v) is 2.47. The molecule has 0 aliphatic heterocycles. The van der Waals surface area contributed by atoms with Gasteiger partial charge in [0.25, 0.3) is 0 Å². The van der Waals surface area contributed by atoms with E-state index in [0.29, 0.717) is 18.7 Å². The minimum absolute atomic E-state index is 0.396. The smallest absolute Gasteiger partial charge is 0.326 e. The van der Waals surface area contributed by atoms with Crippen LogP contribution in [0.1, 0.15) is 32.1 Å². The molecule has 0 aromatic rings. The molecule has 1 atom stereocenters. The van der Waals surface area contributed by atoms with Gasteiger partial charge in [-0.1, -0.05) is 11.6 Å². The van der Waals surface area contributed by atoms with E-state index in [0.717, 1.165) is 19.3 Å². The molecule has 1 unspecified atom stereocenters. The van der Waals surface area contributed by atoms with Crippen LogP contribution in [0.5, 0.6) is 0 Å². The van der Waals surface area contributed by atoms with Gasteiger partial charge < -0.3 is 15.7 Å². The Morgan fingerprint density at radius 3 is 2.89 bits per heavy atom. The zero-order valence-corrected chi connectivity index (χ0v) is 12.1. The monoisotopic (exact) mass is 286 g/mol. The Balaban J connectivity index is 2.21. The van der Waals surface area contributed by atoms with Crippen LogP contribution in [0.4, 0.5) is 4.79 Å². The minimum atomic E-state index is -0.984. The van der Waals surface area contributed by atoms with Crippen molar-refractivity contribution in [2.45, 2.75) is 38.1 Å². The summed E-state index contributed by atoms with van der Waals surface area (Å²) in [4.78, 5) is 22.5. The quantitative estimate of drug-likeness (QED) is 0.596. The van der Waals surface area contributed by atoms with Gasteiger partial charge in [0.2, 0.25) is 0 Å². The summed E-state index contributed by atoms with van der Waals surface area (Å²) in [5, 5.41) is 14.2. The van der Waals surface area contributed by atoms with Gasteiger partial charge >= 0.3 is 12.0 Å². The van der Waals surface area contributed by atoms with E-state index in [4.69, 9.17) is 5.11 Å². The zero-order valence-electron chi connectivity index (χ0n) is 11.3. The molecule has 0 radical (unpaired) electrons. The van der Waals surface area contributed by atoms with Crippen molar-refractivity contribution in [3.8, 4) is 0 Å². The van der Waals surface area contributed by atoms with Crippen LogP contribution in [0.3, 0.4) is 0 Å². The van der Waals surface area contributed by atoms with Crippen molar-refractivity contribution >= 4 is 23.8 Å². The lowest BCUT2D eigenvalue weighted by atomic mass is 10.2. The van der Waals surface area contributed by atoms with E-state index in [1.807, 2.05) is 6.26 Å². The molecule has 1 rings (SSSR count). The van der Waals surface area contributed by atoms with Crippen LogP contribution >= 0.6 is 11.8 Å². The second kappa shape index (κ2) is 8.85. The van der Waals surface area contributed by atoms with Gasteiger partial charge in [-0.2, -0.15) is 11.8 Å². The largest absolute Gasteiger partial charge is 0.480 e. The van der Waals surface area contributed by atoms with Crippen LogP contribution in [0.15, 0.2) is 11.6 Å². The average molecular weight is 286 g/mol. The molecule has 1 aliphatic carbocycles. The first kappa shape index (κ1) is 15.9. The molecule has 3 N–H and O–H groups in total. The standard InChI is InChI=1S/C13H22N2O3S/c1-19-9-7-11(12(16)17)15-13(18)14-8-6-10-4-2-3-5-10/h4,11H,2-3,5-9H2,1H3,(H,16,17)(H2,14,15,18). The van der Waals surface area contributed by atoms with Crippen LogP contribution in [0, 0.1) is 0 Å². The van der Waals surface area contributed by atoms with Gasteiger partial charge in [-0.15, -0.1) is 0 Å². The predicted octanol–water partition coefficient (Wildman–Crippen LogP) is 1.99. The van der Waals surface area contributed by atoms with E-state index >= 15 is 0 Å². The van der Waals surface area contributed by atoms with Gasteiger partial charge in [-0.05, 0) is 44.1 Å². The van der Waals surface area contributed by atoms with Crippen molar-refractivity contribution < 1.29 is 14.7 Å². The molecule has 0 saturated carbocycles. The van der Waals surface area contributed by atoms with Crippen LogP contribution in [0.2, 0.25) is 0 Å². The van der Waals surface area contributed by atoms with Crippen molar-refractivity contribution in [2.24, 2.45) is 0 Å². The second-order valence-electron chi connectivity index (χ2n) is 4.58. The number of allylic oxidation sites excluding steroid dienone is 1. The third-order valence-corrected chi connectivity index (χ3v) is 3.72. The molecule has 2 amide bonds. The van der Waals surface area contributed by atoms with Crippen molar-refractivity contribution in [1.29, 1.82) is 0 Å². The van der Waals surface area contributed by atoms with Gasteiger partial charge in [0, 0.05) is 6.54 Å². The number of hydrogen-bond donors (Lipinski definition) is 3. The Kier molecular flexibility index (Phi) is 7.40. The van der Waals surface area contributed by atoms with Gasteiger partial charge in [0.05, 0.1) is 0 Å². The molecular formula is C13H22N2O3S. The van der Waals surface area contributed by atoms with Gasteiger partial charge in [0.15, 0.2) is 0 Å². The van der Waals surface area contributed by atoms with Crippen molar-refractivity contribution in [3.63, 3.8) is 0 Å². The minimum Gasteiger partial charge on any atom is -0.480 e. The fraction of sp³-hybridized carbons (Fsp3) is 0.692. The maximum atomic E-state index is 11.6. The number of aliphatic carboxylic acids is 1. The highest BCUT2D eigenvalue weighted by Crippen LogP contribution is 2.19. The normalized spacial score (nSPS) is 15.7. The number of amides is 2. The second-order valence-corrected chi connectivity index (χ2v) is 5.56. The lowest BCUT2D eigenvalue weighted by molar-refractivity contribution is -0.139. The van der Waals surface area contributed by atoms with Gasteiger partial charge in [-0.3, -0.25) is 0 Å². The summed E-state index contributed by atoms with van der Waals surface area (Å²) in [6.45, 7) is 0.562. The number of carbonyl (C=O) groups excluding carboxylic acids is 1. The number of carboxylic acid groups (broad SMARTS) is 1. The van der Waals surface area contributed by atoms with Crippen LogP contribution < -0.4 is 10.6 Å². The first-order valence-corrected chi connectivity index (χ1v) is 7.97. The first-order valence-electron chi connectivity index (χ1n) is 6.57. The molecule has 0 aromatic carbocycles. The fourth-order valence-electron chi connectivity index (χ4n) is 2.00. The molecule has 19 heavy (non-hydrogen) atoms. The molecule has 0 bridgehead atoms. The lowest BCUT2D eigenvalue weighted by Crippen LogP contribution is -2.46. The molecule has 1 aliphatic rings. The third kappa shape index (κ3) is 6.52. The Bertz CT molecular complexity index is 345. The number of hydrogen-bond acceptors (Lipinski definition) is 3. The van der Waals surface area contributed by atoms with Crippen molar-refractivity contribution in [1.82, 2.24) is 10.6 Å². The number of urea groups is 1. The number of thioether (sulfide) groups is 1. The Hall–Kier alpha value is -1.17. The summed E-state index contributed by atoms with van der Waals surface area (Å²) in [5.41, 5.74) is 1.39. The first-order chi connectivity index (χ1) is 9.13. The average Bonchev–Trinajstić information content (AvgIpc) is 2.87. The van der Waals surface area contributed by atoms with E-state index < -0.39 is 18.0 Å². The number of nitrogens with one attached hydrogen (secondary N) is 2. The van der Waals surface area contributed by atoms with E-state index in [9.17, 15) is 9.59 Å². The Morgan fingerprint density at radius 2 is 2.32 bits per heavy atom. The molecule has 108 valence electrons. The van der Waals surface area contributed by atoms with Gasteiger partial charge in [0.1, 0.15) is 6.04 Å². The Labute approximate surface area is 118 Å². The van der Waals surface area contributed by atoms with Crippen LogP contribution in [-0.4, -0.2) is 41.7 Å². The van der Waals surface area contributed by atoms with Crippen LogP contribution in [0.25, 0.3) is 0 Å². The summed E-state index contributed by atoms with van der Waals surface area (Å²) in [6.07, 6.45) is 8.89.